The minimum absolute atomic E-state index is 0.0570. The summed E-state index contributed by atoms with van der Waals surface area (Å²) in [6, 6.07) is 5.77. The first-order valence-corrected chi connectivity index (χ1v) is 6.52. The Hall–Kier alpha value is -1.69. The third-order valence-electron chi connectivity index (χ3n) is 2.13. The number of ketones is 1. The highest BCUT2D eigenvalue weighted by Crippen LogP contribution is 2.15. The fourth-order valence-electron chi connectivity index (χ4n) is 1.27. The summed E-state index contributed by atoms with van der Waals surface area (Å²) < 4.78 is 25.6. The number of amides is 1. The first-order valence-electron chi connectivity index (χ1n) is 5.04. The molecule has 6 heteroatoms. The number of hydrogen-bond acceptors (Lipinski definition) is 4. The molecule has 0 aliphatic heterocycles. The molecule has 0 saturated heterocycles. The van der Waals surface area contributed by atoms with E-state index in [1.54, 1.807) is 13.0 Å². The number of hydrogen-bond donors (Lipinski definition) is 1. The number of sulfonamides is 1. The van der Waals surface area contributed by atoms with E-state index < -0.39 is 15.9 Å². The lowest BCUT2D eigenvalue weighted by molar-refractivity contribution is -0.119. The largest absolute Gasteiger partial charge is 0.294 e. The van der Waals surface area contributed by atoms with E-state index in [1.165, 1.54) is 25.1 Å². The first-order chi connectivity index (χ1) is 7.88. The number of benzene rings is 1. The summed E-state index contributed by atoms with van der Waals surface area (Å²) in [5.41, 5.74) is 0.0731. The highest BCUT2D eigenvalue weighted by atomic mass is 32.2. The summed E-state index contributed by atoms with van der Waals surface area (Å²) in [6.07, 6.45) is 0.0570. The van der Waals surface area contributed by atoms with Gasteiger partial charge in [0, 0.05) is 12.0 Å². The van der Waals surface area contributed by atoms with Crippen LogP contribution < -0.4 is 4.72 Å². The highest BCUT2D eigenvalue weighted by Gasteiger charge is 2.21. The fraction of sp³-hybridized carbons (Fsp3) is 0.273. The van der Waals surface area contributed by atoms with Crippen molar-refractivity contribution in [3.63, 3.8) is 0 Å². The van der Waals surface area contributed by atoms with Crippen molar-refractivity contribution in [3.8, 4) is 0 Å². The van der Waals surface area contributed by atoms with Crippen LogP contribution in [0.1, 0.15) is 30.6 Å². The van der Waals surface area contributed by atoms with Crippen LogP contribution in [0.2, 0.25) is 0 Å². The zero-order valence-corrected chi connectivity index (χ0v) is 10.4. The monoisotopic (exact) mass is 255 g/mol. The Bertz CT molecular complexity index is 548. The van der Waals surface area contributed by atoms with Gasteiger partial charge in [-0.15, -0.1) is 0 Å². The van der Waals surface area contributed by atoms with Crippen molar-refractivity contribution in [2.75, 3.05) is 0 Å². The molecule has 0 aliphatic carbocycles. The molecule has 1 rings (SSSR count). The molecule has 1 N–H and O–H groups in total. The van der Waals surface area contributed by atoms with Crippen LogP contribution in [0.3, 0.4) is 0 Å². The van der Waals surface area contributed by atoms with E-state index in [-0.39, 0.29) is 22.7 Å². The van der Waals surface area contributed by atoms with Gasteiger partial charge in [-0.25, -0.2) is 13.1 Å². The Labute approximate surface area is 99.9 Å². The van der Waals surface area contributed by atoms with Crippen molar-refractivity contribution in [1.29, 1.82) is 0 Å². The van der Waals surface area contributed by atoms with Crippen LogP contribution in [-0.2, 0) is 14.8 Å². The second kappa shape index (κ2) is 5.09. The molecule has 5 nitrogen and oxygen atoms in total. The minimum atomic E-state index is -3.97. The topological polar surface area (TPSA) is 80.3 Å². The molecule has 0 aromatic heterocycles. The SMILES string of the molecule is CCC(=O)NS(=O)(=O)c1ccccc1C(C)=O. The maximum absolute atomic E-state index is 11.8. The molecule has 1 amide bonds. The normalized spacial score (nSPS) is 10.9. The Kier molecular flexibility index (Phi) is 4.01. The van der Waals surface area contributed by atoms with Crippen molar-refractivity contribution in [1.82, 2.24) is 4.72 Å². The predicted octanol–water partition coefficient (Wildman–Crippen LogP) is 1.10. The van der Waals surface area contributed by atoms with Gasteiger partial charge in [-0.2, -0.15) is 0 Å². The van der Waals surface area contributed by atoms with Gasteiger partial charge in [0.05, 0.1) is 4.90 Å². The van der Waals surface area contributed by atoms with Gasteiger partial charge in [0.25, 0.3) is 10.0 Å². The highest BCUT2D eigenvalue weighted by molar-refractivity contribution is 7.90. The molecule has 0 bridgehead atoms. The zero-order valence-electron chi connectivity index (χ0n) is 9.56. The molecule has 92 valence electrons. The summed E-state index contributed by atoms with van der Waals surface area (Å²) in [5, 5.41) is 0. The van der Waals surface area contributed by atoms with Crippen LogP contribution in [-0.4, -0.2) is 20.1 Å². The van der Waals surface area contributed by atoms with E-state index in [4.69, 9.17) is 0 Å². The van der Waals surface area contributed by atoms with Crippen LogP contribution in [0.4, 0.5) is 0 Å². The average molecular weight is 255 g/mol. The molecular formula is C11H13NO4S. The lowest BCUT2D eigenvalue weighted by atomic mass is 10.1. The quantitative estimate of drug-likeness (QED) is 0.817. The Morgan fingerprint density at radius 3 is 2.35 bits per heavy atom. The lowest BCUT2D eigenvalue weighted by Gasteiger charge is -2.08. The number of carbonyl (C=O) groups is 2. The van der Waals surface area contributed by atoms with Gasteiger partial charge in [-0.05, 0) is 13.0 Å². The molecule has 0 spiro atoms. The molecule has 0 heterocycles. The number of nitrogens with one attached hydrogen (secondary N) is 1. The van der Waals surface area contributed by atoms with E-state index in [2.05, 4.69) is 0 Å². The maximum atomic E-state index is 11.8. The summed E-state index contributed by atoms with van der Waals surface area (Å²) in [4.78, 5) is 22.2. The Morgan fingerprint density at radius 1 is 1.24 bits per heavy atom. The van der Waals surface area contributed by atoms with Gasteiger partial charge >= 0.3 is 0 Å². The van der Waals surface area contributed by atoms with Crippen molar-refractivity contribution >= 4 is 21.7 Å². The predicted molar refractivity (Wildman–Crippen MR) is 62.1 cm³/mol. The molecule has 17 heavy (non-hydrogen) atoms. The van der Waals surface area contributed by atoms with E-state index >= 15 is 0 Å². The van der Waals surface area contributed by atoms with Crippen molar-refractivity contribution < 1.29 is 18.0 Å². The molecular weight excluding hydrogens is 242 g/mol. The number of Topliss-reactive ketones (excluding diaryl/α,β-unsaturated/α-hetero) is 1. The van der Waals surface area contributed by atoms with Crippen molar-refractivity contribution in [2.24, 2.45) is 0 Å². The van der Waals surface area contributed by atoms with Gasteiger partial charge in [0.1, 0.15) is 0 Å². The molecule has 0 unspecified atom stereocenters. The molecule has 1 aromatic rings. The molecule has 1 aromatic carbocycles. The summed E-state index contributed by atoms with van der Waals surface area (Å²) >= 11 is 0. The third-order valence-corrected chi connectivity index (χ3v) is 3.56. The Balaban J connectivity index is 3.24. The molecule has 0 aliphatic rings. The fourth-order valence-corrected chi connectivity index (χ4v) is 2.58. The van der Waals surface area contributed by atoms with Gasteiger partial charge in [-0.1, -0.05) is 25.1 Å². The maximum Gasteiger partial charge on any atom is 0.264 e. The Morgan fingerprint density at radius 2 is 1.82 bits per heavy atom. The molecule has 0 atom stereocenters. The van der Waals surface area contributed by atoms with Crippen LogP contribution in [0, 0.1) is 0 Å². The van der Waals surface area contributed by atoms with Crippen LogP contribution >= 0.6 is 0 Å². The standard InChI is InChI=1S/C11H13NO4S/c1-3-11(14)12-17(15,16)10-7-5-4-6-9(10)8(2)13/h4-7H,3H2,1-2H3,(H,12,14). The smallest absolute Gasteiger partial charge is 0.264 e. The second-order valence-corrected chi connectivity index (χ2v) is 5.09. The van der Waals surface area contributed by atoms with E-state index in [1.807, 2.05) is 4.72 Å². The average Bonchev–Trinajstić information content (AvgIpc) is 2.28. The van der Waals surface area contributed by atoms with Crippen LogP contribution in [0.15, 0.2) is 29.2 Å². The summed E-state index contributed by atoms with van der Waals surface area (Å²) in [6.45, 7) is 2.82. The van der Waals surface area contributed by atoms with Crippen molar-refractivity contribution in [2.45, 2.75) is 25.2 Å². The second-order valence-electron chi connectivity index (χ2n) is 3.43. The summed E-state index contributed by atoms with van der Waals surface area (Å²) in [7, 11) is -3.97. The van der Waals surface area contributed by atoms with Gasteiger partial charge in [0.15, 0.2) is 5.78 Å². The van der Waals surface area contributed by atoms with E-state index in [0.29, 0.717) is 0 Å². The van der Waals surface area contributed by atoms with Crippen LogP contribution in [0.25, 0.3) is 0 Å². The minimum Gasteiger partial charge on any atom is -0.294 e. The molecule has 0 fully saturated rings. The number of carbonyl (C=O) groups excluding carboxylic acids is 2. The lowest BCUT2D eigenvalue weighted by Crippen LogP contribution is -2.30. The summed E-state index contributed by atoms with van der Waals surface area (Å²) in [5.74, 6) is -0.974. The van der Waals surface area contributed by atoms with E-state index in [0.717, 1.165) is 0 Å². The van der Waals surface area contributed by atoms with Gasteiger partial charge in [-0.3, -0.25) is 9.59 Å². The molecule has 0 radical (unpaired) electrons. The van der Waals surface area contributed by atoms with Crippen molar-refractivity contribution in [3.05, 3.63) is 29.8 Å². The van der Waals surface area contributed by atoms with Crippen LogP contribution in [0.5, 0.6) is 0 Å². The first kappa shape index (κ1) is 13.4. The zero-order chi connectivity index (χ0) is 13.1. The van der Waals surface area contributed by atoms with Gasteiger partial charge in [0.2, 0.25) is 5.91 Å². The third kappa shape index (κ3) is 3.13. The van der Waals surface area contributed by atoms with Gasteiger partial charge < -0.3 is 0 Å². The van der Waals surface area contributed by atoms with E-state index in [9.17, 15) is 18.0 Å². The molecule has 0 saturated carbocycles. The number of rotatable bonds is 4.